The van der Waals surface area contributed by atoms with Gasteiger partial charge in [0.1, 0.15) is 0 Å². The molecular formula is H4CrO4ReSi. The van der Waals surface area contributed by atoms with Crippen LogP contribution in [0.2, 0.25) is 0 Å². The molecule has 4 nitrogen and oxygen atoms in total. The van der Waals surface area contributed by atoms with Crippen LogP contribution < -0.4 is 0 Å². The molecule has 0 fully saturated rings. The van der Waals surface area contributed by atoms with Gasteiger partial charge in [0.15, 0.2) is 0 Å². The minimum atomic E-state index is -4.61. The molecule has 0 aromatic carbocycles. The van der Waals surface area contributed by atoms with E-state index in [9.17, 15) is 0 Å². The predicted octanol–water partition coefficient (Wildman–Crippen LogP) is -2.61. The van der Waals surface area contributed by atoms with Gasteiger partial charge in [-0.25, -0.2) is 0 Å². The Kier molecular flexibility index (Phi) is 12.1. The van der Waals surface area contributed by atoms with E-state index in [1.54, 1.807) is 0 Å². The topological polar surface area (TPSA) is 80.9 Å². The van der Waals surface area contributed by atoms with Crippen molar-refractivity contribution in [1.82, 2.24) is 0 Å². The molecule has 45 valence electrons. The van der Waals surface area contributed by atoms with Crippen molar-refractivity contribution in [2.75, 3.05) is 0 Å². The van der Waals surface area contributed by atoms with Crippen molar-refractivity contribution in [2.24, 2.45) is 0 Å². The van der Waals surface area contributed by atoms with Crippen molar-refractivity contribution in [3.05, 3.63) is 0 Å². The zero-order valence-electron chi connectivity index (χ0n) is 3.08. The van der Waals surface area contributed by atoms with Gasteiger partial charge in [-0.15, -0.1) is 0 Å². The molecular weight excluding hydrogens is 330 g/mol. The molecule has 7 heteroatoms. The van der Waals surface area contributed by atoms with Crippen molar-refractivity contribution in [2.45, 2.75) is 0 Å². The molecule has 0 saturated heterocycles. The van der Waals surface area contributed by atoms with Gasteiger partial charge < -0.3 is 19.2 Å². The van der Waals surface area contributed by atoms with E-state index in [1.807, 2.05) is 0 Å². The molecule has 1 radical (unpaired) electrons. The third-order valence-corrected chi connectivity index (χ3v) is 0. The Labute approximate surface area is 66.1 Å². The standard InChI is InChI=1S/Cr.H4O4Si.Re/c;1-5(2,3)4;/h;1-4H;. The molecule has 0 bridgehead atoms. The summed E-state index contributed by atoms with van der Waals surface area (Å²) in [6.45, 7) is 0. The third-order valence-electron chi connectivity index (χ3n) is 0. The van der Waals surface area contributed by atoms with E-state index >= 15 is 0 Å². The first-order chi connectivity index (χ1) is 2.00. The second-order valence-corrected chi connectivity index (χ2v) is 1.80. The zero-order chi connectivity index (χ0) is 4.50. The van der Waals surface area contributed by atoms with Crippen LogP contribution >= 0.6 is 0 Å². The van der Waals surface area contributed by atoms with Crippen molar-refractivity contribution in [3.63, 3.8) is 0 Å². The van der Waals surface area contributed by atoms with Gasteiger partial charge in [0.2, 0.25) is 0 Å². The van der Waals surface area contributed by atoms with Crippen LogP contribution in [0.3, 0.4) is 0 Å². The van der Waals surface area contributed by atoms with Gasteiger partial charge in [-0.1, -0.05) is 0 Å². The summed E-state index contributed by atoms with van der Waals surface area (Å²) in [5.41, 5.74) is 0. The van der Waals surface area contributed by atoms with E-state index < -0.39 is 9.05 Å². The molecule has 0 aromatic rings. The van der Waals surface area contributed by atoms with E-state index in [4.69, 9.17) is 19.2 Å². The van der Waals surface area contributed by atoms with Crippen LogP contribution in [0.4, 0.5) is 0 Å². The van der Waals surface area contributed by atoms with Gasteiger partial charge in [0.25, 0.3) is 0 Å². The van der Waals surface area contributed by atoms with E-state index in [2.05, 4.69) is 0 Å². The fourth-order valence-corrected chi connectivity index (χ4v) is 0. The Bertz CT molecular complexity index is 27.2. The fourth-order valence-electron chi connectivity index (χ4n) is 0. The molecule has 0 unspecified atom stereocenters. The second-order valence-electron chi connectivity index (χ2n) is 0.600. The molecule has 0 amide bonds. The smallest absolute Gasteiger partial charge is 0.368 e. The Balaban J connectivity index is -0.0000000800. The average molecular weight is 334 g/mol. The van der Waals surface area contributed by atoms with Crippen LogP contribution in [-0.4, -0.2) is 28.2 Å². The summed E-state index contributed by atoms with van der Waals surface area (Å²) in [6.07, 6.45) is 0. The molecule has 4 N–H and O–H groups in total. The Morgan fingerprint density at radius 2 is 0.857 bits per heavy atom. The third kappa shape index (κ3) is 128. The van der Waals surface area contributed by atoms with Gasteiger partial charge in [0, 0.05) is 37.8 Å². The molecule has 0 aromatic heterocycles. The van der Waals surface area contributed by atoms with Crippen LogP contribution in [-0.2, 0) is 37.8 Å². The minimum Gasteiger partial charge on any atom is -0.368 e. The van der Waals surface area contributed by atoms with E-state index in [0.29, 0.717) is 0 Å². The van der Waals surface area contributed by atoms with Crippen LogP contribution in [0, 0.1) is 0 Å². The van der Waals surface area contributed by atoms with Crippen LogP contribution in [0.5, 0.6) is 0 Å². The molecule has 0 heterocycles. The first-order valence-corrected chi connectivity index (χ1v) is 2.68. The molecule has 0 aliphatic carbocycles. The van der Waals surface area contributed by atoms with E-state index in [-0.39, 0.29) is 37.8 Å². The Morgan fingerprint density at radius 1 is 0.857 bits per heavy atom. The van der Waals surface area contributed by atoms with Crippen molar-refractivity contribution in [1.29, 1.82) is 0 Å². The average Bonchev–Trinajstić information content (AvgIpc) is 0.722. The predicted molar refractivity (Wildman–Crippen MR) is 14.6 cm³/mol. The van der Waals surface area contributed by atoms with Gasteiger partial charge >= 0.3 is 9.05 Å². The second kappa shape index (κ2) is 5.39. The van der Waals surface area contributed by atoms with Gasteiger partial charge in [0.05, 0.1) is 0 Å². The summed E-state index contributed by atoms with van der Waals surface area (Å²) < 4.78 is 0. The van der Waals surface area contributed by atoms with Crippen molar-refractivity contribution < 1.29 is 57.0 Å². The van der Waals surface area contributed by atoms with Crippen molar-refractivity contribution >= 4 is 9.05 Å². The van der Waals surface area contributed by atoms with E-state index in [1.165, 1.54) is 0 Å². The molecule has 0 spiro atoms. The monoisotopic (exact) mass is 335 g/mol. The zero-order valence-corrected chi connectivity index (χ0v) is 8.07. The summed E-state index contributed by atoms with van der Waals surface area (Å²) >= 11 is 0. The number of hydrogen-bond acceptors (Lipinski definition) is 4. The fraction of sp³-hybridized carbons (Fsp3) is 0. The quantitative estimate of drug-likeness (QED) is 0.366. The Morgan fingerprint density at radius 3 is 0.857 bits per heavy atom. The maximum Gasteiger partial charge on any atom is 0.668 e. The largest absolute Gasteiger partial charge is 0.668 e. The van der Waals surface area contributed by atoms with Gasteiger partial charge in [-0.3, -0.25) is 0 Å². The summed E-state index contributed by atoms with van der Waals surface area (Å²) in [5, 5.41) is 0. The maximum absolute atomic E-state index is 7.33. The SMILES string of the molecule is O[Si](O)(O)O.[Cr].[Re]. The molecule has 0 saturated carbocycles. The first-order valence-electron chi connectivity index (χ1n) is 0.894. The molecule has 0 aliphatic rings. The maximum atomic E-state index is 7.33. The van der Waals surface area contributed by atoms with Crippen LogP contribution in [0.15, 0.2) is 0 Å². The van der Waals surface area contributed by atoms with Crippen LogP contribution in [0.1, 0.15) is 0 Å². The Hall–Kier alpha value is 1.25. The number of hydrogen-bond donors (Lipinski definition) is 4. The van der Waals surface area contributed by atoms with E-state index in [0.717, 1.165) is 0 Å². The molecule has 0 rings (SSSR count). The molecule has 7 heavy (non-hydrogen) atoms. The first kappa shape index (κ1) is 15.7. The van der Waals surface area contributed by atoms with Gasteiger partial charge in [-0.05, 0) is 0 Å². The summed E-state index contributed by atoms with van der Waals surface area (Å²) in [6, 6.07) is 0. The normalized spacial score (nSPS) is 8.57. The molecule has 0 aliphatic heterocycles. The minimum absolute atomic E-state index is 0. The number of rotatable bonds is 0. The summed E-state index contributed by atoms with van der Waals surface area (Å²) in [7, 11) is -4.61. The van der Waals surface area contributed by atoms with Crippen molar-refractivity contribution in [3.8, 4) is 0 Å². The molecule has 0 atom stereocenters. The van der Waals surface area contributed by atoms with Gasteiger partial charge in [-0.2, -0.15) is 0 Å². The summed E-state index contributed by atoms with van der Waals surface area (Å²) in [4.78, 5) is 29.3. The van der Waals surface area contributed by atoms with Crippen LogP contribution in [0.25, 0.3) is 0 Å². The summed E-state index contributed by atoms with van der Waals surface area (Å²) in [5.74, 6) is 0.